The fraction of sp³-hybridized carbons (Fsp3) is 0. The Kier molecular flexibility index (Phi) is 3.47. The zero-order valence-corrected chi connectivity index (χ0v) is 12.6. The lowest BCUT2D eigenvalue weighted by Crippen LogP contribution is -2.23. The van der Waals surface area contributed by atoms with Crippen LogP contribution in [0.3, 0.4) is 0 Å². The summed E-state index contributed by atoms with van der Waals surface area (Å²) in [5, 5.41) is 3.64. The lowest BCUT2D eigenvalue weighted by molar-refractivity contribution is 0.929. The number of pyridine rings is 2. The van der Waals surface area contributed by atoms with Crippen LogP contribution in [0.15, 0.2) is 77.9 Å². The van der Waals surface area contributed by atoms with Gasteiger partial charge in [0.05, 0.1) is 10.9 Å². The zero-order chi connectivity index (χ0) is 16.4. The van der Waals surface area contributed by atoms with Crippen molar-refractivity contribution in [3.63, 3.8) is 0 Å². The molecule has 3 heterocycles. The number of aromatic nitrogens is 4. The highest BCUT2D eigenvalue weighted by molar-refractivity contribution is 5.79. The summed E-state index contributed by atoms with van der Waals surface area (Å²) in [6, 6.07) is 18.1. The van der Waals surface area contributed by atoms with Gasteiger partial charge in [-0.3, -0.25) is 4.79 Å². The van der Waals surface area contributed by atoms with Crippen LogP contribution in [0.25, 0.3) is 16.7 Å². The highest BCUT2D eigenvalue weighted by Gasteiger charge is 2.13. The molecular weight excluding hydrogens is 302 g/mol. The van der Waals surface area contributed by atoms with Crippen molar-refractivity contribution in [2.75, 3.05) is 5.32 Å². The smallest absolute Gasteiger partial charge is 0.268 e. The lowest BCUT2D eigenvalue weighted by Gasteiger charge is -2.13. The Morgan fingerprint density at radius 1 is 0.833 bits per heavy atom. The van der Waals surface area contributed by atoms with Gasteiger partial charge in [0, 0.05) is 12.4 Å². The van der Waals surface area contributed by atoms with Crippen LogP contribution >= 0.6 is 0 Å². The van der Waals surface area contributed by atoms with Crippen molar-refractivity contribution >= 4 is 22.7 Å². The molecule has 0 saturated heterocycles. The number of para-hydroxylation sites is 1. The van der Waals surface area contributed by atoms with Crippen molar-refractivity contribution < 1.29 is 0 Å². The molecule has 0 aliphatic heterocycles. The fourth-order valence-corrected chi connectivity index (χ4v) is 2.47. The molecule has 1 N–H and O–H groups in total. The molecule has 1 aromatic carbocycles. The Morgan fingerprint density at radius 3 is 2.33 bits per heavy atom. The van der Waals surface area contributed by atoms with Gasteiger partial charge in [-0.1, -0.05) is 24.3 Å². The Balaban J connectivity index is 1.98. The van der Waals surface area contributed by atoms with Crippen molar-refractivity contribution in [3.05, 3.63) is 83.4 Å². The van der Waals surface area contributed by atoms with Crippen LogP contribution in [0, 0.1) is 0 Å². The minimum absolute atomic E-state index is 0.183. The van der Waals surface area contributed by atoms with Crippen LogP contribution in [0.4, 0.5) is 11.8 Å². The van der Waals surface area contributed by atoms with Crippen LogP contribution in [-0.4, -0.2) is 19.5 Å². The summed E-state index contributed by atoms with van der Waals surface area (Å²) in [6.45, 7) is 0. The minimum Gasteiger partial charge on any atom is -0.310 e. The quantitative estimate of drug-likeness (QED) is 0.629. The standard InChI is InChI=1S/C18H13N5O/c24-17-13-7-1-2-8-14(13)21-18(22-15-9-3-5-11-19-15)23(17)16-10-4-6-12-20-16/h1-12H,(H,19,21,22). The topological polar surface area (TPSA) is 72.7 Å². The molecule has 0 bridgehead atoms. The van der Waals surface area contributed by atoms with Gasteiger partial charge < -0.3 is 5.32 Å². The number of nitrogens with one attached hydrogen (secondary N) is 1. The van der Waals surface area contributed by atoms with Gasteiger partial charge >= 0.3 is 0 Å². The van der Waals surface area contributed by atoms with Gasteiger partial charge in [0.2, 0.25) is 5.95 Å². The van der Waals surface area contributed by atoms with Gasteiger partial charge in [-0.05, 0) is 36.4 Å². The first-order chi connectivity index (χ1) is 11.8. The summed E-state index contributed by atoms with van der Waals surface area (Å²) in [5.74, 6) is 1.47. The number of hydrogen-bond acceptors (Lipinski definition) is 5. The molecule has 0 aliphatic rings. The third-order valence-electron chi connectivity index (χ3n) is 3.56. The van der Waals surface area contributed by atoms with E-state index in [0.29, 0.717) is 28.5 Å². The first-order valence-electron chi connectivity index (χ1n) is 7.44. The third-order valence-corrected chi connectivity index (χ3v) is 3.56. The molecule has 0 atom stereocenters. The molecule has 24 heavy (non-hydrogen) atoms. The molecule has 0 aliphatic carbocycles. The average Bonchev–Trinajstić information content (AvgIpc) is 2.64. The molecule has 6 heteroatoms. The normalized spacial score (nSPS) is 10.7. The number of fused-ring (bicyclic) bond motifs is 1. The molecule has 4 aromatic rings. The van der Waals surface area contributed by atoms with Crippen LogP contribution < -0.4 is 10.9 Å². The van der Waals surface area contributed by atoms with Crippen molar-refractivity contribution in [2.45, 2.75) is 0 Å². The van der Waals surface area contributed by atoms with E-state index < -0.39 is 0 Å². The van der Waals surface area contributed by atoms with E-state index in [0.717, 1.165) is 0 Å². The molecule has 0 radical (unpaired) electrons. The molecule has 0 spiro atoms. The van der Waals surface area contributed by atoms with Crippen LogP contribution in [-0.2, 0) is 0 Å². The number of nitrogens with zero attached hydrogens (tertiary/aromatic N) is 4. The predicted molar refractivity (Wildman–Crippen MR) is 92.7 cm³/mol. The van der Waals surface area contributed by atoms with E-state index in [4.69, 9.17) is 0 Å². The largest absolute Gasteiger partial charge is 0.310 e. The summed E-state index contributed by atoms with van der Waals surface area (Å²) in [4.78, 5) is 26.1. The molecule has 0 saturated carbocycles. The zero-order valence-electron chi connectivity index (χ0n) is 12.6. The van der Waals surface area contributed by atoms with E-state index in [9.17, 15) is 4.79 Å². The summed E-state index contributed by atoms with van der Waals surface area (Å²) in [6.07, 6.45) is 3.31. The Bertz CT molecular complexity index is 1050. The van der Waals surface area contributed by atoms with E-state index in [1.807, 2.05) is 42.5 Å². The summed E-state index contributed by atoms with van der Waals surface area (Å²) in [7, 11) is 0. The fourth-order valence-electron chi connectivity index (χ4n) is 2.47. The molecule has 116 valence electrons. The monoisotopic (exact) mass is 315 g/mol. The molecule has 0 fully saturated rings. The van der Waals surface area contributed by atoms with Crippen molar-refractivity contribution in [1.29, 1.82) is 0 Å². The lowest BCUT2D eigenvalue weighted by atomic mass is 10.2. The average molecular weight is 315 g/mol. The second-order valence-corrected chi connectivity index (χ2v) is 5.12. The molecule has 3 aromatic heterocycles. The summed E-state index contributed by atoms with van der Waals surface area (Å²) < 4.78 is 1.46. The summed E-state index contributed by atoms with van der Waals surface area (Å²) >= 11 is 0. The van der Waals surface area contributed by atoms with Gasteiger partial charge in [-0.15, -0.1) is 0 Å². The van der Waals surface area contributed by atoms with E-state index in [1.54, 1.807) is 30.6 Å². The van der Waals surface area contributed by atoms with Crippen molar-refractivity contribution in [3.8, 4) is 5.82 Å². The van der Waals surface area contributed by atoms with Crippen LogP contribution in [0.1, 0.15) is 0 Å². The van der Waals surface area contributed by atoms with Gasteiger partial charge in [0.25, 0.3) is 5.56 Å². The second-order valence-electron chi connectivity index (χ2n) is 5.12. The SMILES string of the molecule is O=c1c2ccccc2nc(Nc2ccccn2)n1-c1ccccn1. The Morgan fingerprint density at radius 2 is 1.58 bits per heavy atom. The molecular formula is C18H13N5O. The highest BCUT2D eigenvalue weighted by atomic mass is 16.1. The van der Waals surface area contributed by atoms with E-state index in [1.165, 1.54) is 4.57 Å². The second kappa shape index (κ2) is 5.92. The molecule has 4 rings (SSSR count). The van der Waals surface area contributed by atoms with Gasteiger partial charge in [0.15, 0.2) is 0 Å². The third kappa shape index (κ3) is 2.50. The Hall–Kier alpha value is -3.54. The van der Waals surface area contributed by atoms with Gasteiger partial charge in [-0.2, -0.15) is 0 Å². The number of rotatable bonds is 3. The van der Waals surface area contributed by atoms with E-state index >= 15 is 0 Å². The molecule has 0 unspecified atom stereocenters. The maximum Gasteiger partial charge on any atom is 0.268 e. The maximum absolute atomic E-state index is 13.0. The highest BCUT2D eigenvalue weighted by Crippen LogP contribution is 2.17. The summed E-state index contributed by atoms with van der Waals surface area (Å²) in [5.41, 5.74) is 0.436. The van der Waals surface area contributed by atoms with Gasteiger partial charge in [-0.25, -0.2) is 19.5 Å². The number of benzene rings is 1. The maximum atomic E-state index is 13.0. The number of anilines is 2. The predicted octanol–water partition coefficient (Wildman–Crippen LogP) is 2.92. The minimum atomic E-state index is -0.183. The van der Waals surface area contributed by atoms with Gasteiger partial charge in [0.1, 0.15) is 11.6 Å². The van der Waals surface area contributed by atoms with Crippen molar-refractivity contribution in [1.82, 2.24) is 19.5 Å². The van der Waals surface area contributed by atoms with E-state index in [-0.39, 0.29) is 5.56 Å². The van der Waals surface area contributed by atoms with Crippen molar-refractivity contribution in [2.24, 2.45) is 0 Å². The first kappa shape index (κ1) is 14.1. The molecule has 0 amide bonds. The van der Waals surface area contributed by atoms with Crippen LogP contribution in [0.5, 0.6) is 0 Å². The first-order valence-corrected chi connectivity index (χ1v) is 7.44. The van der Waals surface area contributed by atoms with Crippen LogP contribution in [0.2, 0.25) is 0 Å². The molecule has 6 nitrogen and oxygen atoms in total. The number of hydrogen-bond donors (Lipinski definition) is 1. The van der Waals surface area contributed by atoms with E-state index in [2.05, 4.69) is 20.3 Å². The Labute approximate surface area is 137 Å².